The lowest BCUT2D eigenvalue weighted by atomic mass is 10.2. The summed E-state index contributed by atoms with van der Waals surface area (Å²) in [5.74, 6) is 0. The number of nitrogens with zero attached hydrogens (tertiary/aromatic N) is 1. The van der Waals surface area contributed by atoms with E-state index in [1.807, 2.05) is 0 Å². The minimum atomic E-state index is -4.76. The fraction of sp³-hybridized carbons (Fsp3) is 0.909. The molecule has 1 aliphatic heterocycles. The Hall–Kier alpha value is -1.02. The van der Waals surface area contributed by atoms with Gasteiger partial charge in [0, 0.05) is 0 Å². The minimum absolute atomic E-state index is 0.0742. The van der Waals surface area contributed by atoms with Crippen molar-refractivity contribution < 1.29 is 32.5 Å². The van der Waals surface area contributed by atoms with E-state index in [4.69, 9.17) is 9.84 Å². The molecule has 0 spiro atoms. The molecule has 8 heteroatoms. The quantitative estimate of drug-likeness (QED) is 0.841. The number of carbonyl (C=O) groups excluding carboxylic acids is 1. The van der Waals surface area contributed by atoms with Crippen LogP contribution in [-0.4, -0.2) is 53.4 Å². The van der Waals surface area contributed by atoms with Crippen molar-refractivity contribution in [3.63, 3.8) is 0 Å². The summed E-state index contributed by atoms with van der Waals surface area (Å²) in [6, 6.07) is -0.720. The van der Waals surface area contributed by atoms with Crippen molar-refractivity contribution in [1.29, 1.82) is 0 Å². The summed E-state index contributed by atoms with van der Waals surface area (Å²) >= 11 is 0. The minimum Gasteiger partial charge on any atom is -0.444 e. The van der Waals surface area contributed by atoms with Crippen LogP contribution in [0.4, 0.5) is 18.0 Å². The molecule has 0 bridgehead atoms. The Morgan fingerprint density at radius 2 is 1.95 bits per heavy atom. The van der Waals surface area contributed by atoms with Crippen LogP contribution < -0.4 is 0 Å². The highest BCUT2D eigenvalue weighted by molar-refractivity contribution is 5.69. The van der Waals surface area contributed by atoms with E-state index in [0.29, 0.717) is 0 Å². The SMILES string of the molecule is CC(C)(C)OC(=O)N1C[C@H](OC(F)(F)F)C[C@H]1CO. The van der Waals surface area contributed by atoms with Crippen LogP contribution in [-0.2, 0) is 9.47 Å². The lowest BCUT2D eigenvalue weighted by Gasteiger charge is -2.27. The van der Waals surface area contributed by atoms with Crippen LogP contribution in [0.5, 0.6) is 0 Å². The van der Waals surface area contributed by atoms with E-state index < -0.39 is 36.8 Å². The van der Waals surface area contributed by atoms with E-state index >= 15 is 0 Å². The number of hydrogen-bond donors (Lipinski definition) is 1. The average molecular weight is 285 g/mol. The van der Waals surface area contributed by atoms with Gasteiger partial charge in [0.25, 0.3) is 0 Å². The van der Waals surface area contributed by atoms with Crippen molar-refractivity contribution in [2.75, 3.05) is 13.2 Å². The first kappa shape index (κ1) is 16.0. The molecule has 0 aromatic rings. The molecule has 0 radical (unpaired) electrons. The molecule has 1 N–H and O–H groups in total. The maximum atomic E-state index is 12.1. The highest BCUT2D eigenvalue weighted by atomic mass is 19.4. The van der Waals surface area contributed by atoms with Crippen molar-refractivity contribution in [2.45, 2.75) is 51.3 Å². The van der Waals surface area contributed by atoms with Gasteiger partial charge in [0.05, 0.1) is 25.3 Å². The van der Waals surface area contributed by atoms with Gasteiger partial charge in [-0.15, -0.1) is 13.2 Å². The van der Waals surface area contributed by atoms with Crippen LogP contribution >= 0.6 is 0 Å². The van der Waals surface area contributed by atoms with Crippen molar-refractivity contribution in [3.8, 4) is 0 Å². The zero-order valence-electron chi connectivity index (χ0n) is 11.0. The summed E-state index contributed by atoms with van der Waals surface area (Å²) in [6.45, 7) is 4.27. The second kappa shape index (κ2) is 5.54. The molecule has 1 fully saturated rings. The van der Waals surface area contributed by atoms with Gasteiger partial charge in [-0.3, -0.25) is 4.74 Å². The maximum absolute atomic E-state index is 12.1. The Morgan fingerprint density at radius 3 is 2.37 bits per heavy atom. The second-order valence-electron chi connectivity index (χ2n) is 5.39. The standard InChI is InChI=1S/C11H18F3NO4/c1-10(2,3)19-9(17)15-5-8(4-7(15)6-16)18-11(12,13)14/h7-8,16H,4-6H2,1-3H3/t7-,8+/m0/s1. The van der Waals surface area contributed by atoms with Gasteiger partial charge < -0.3 is 14.7 Å². The fourth-order valence-electron chi connectivity index (χ4n) is 1.87. The predicted molar refractivity (Wildman–Crippen MR) is 59.4 cm³/mol. The topological polar surface area (TPSA) is 59.0 Å². The molecule has 1 aliphatic rings. The number of amides is 1. The van der Waals surface area contributed by atoms with Crippen molar-refractivity contribution in [3.05, 3.63) is 0 Å². The van der Waals surface area contributed by atoms with Gasteiger partial charge in [0.15, 0.2) is 0 Å². The molecule has 1 saturated heterocycles. The van der Waals surface area contributed by atoms with E-state index in [-0.39, 0.29) is 13.0 Å². The molecule has 5 nitrogen and oxygen atoms in total. The zero-order valence-corrected chi connectivity index (χ0v) is 11.0. The van der Waals surface area contributed by atoms with E-state index in [9.17, 15) is 18.0 Å². The predicted octanol–water partition coefficient (Wildman–Crippen LogP) is 1.89. The Bertz CT molecular complexity index is 327. The van der Waals surface area contributed by atoms with Crippen LogP contribution in [0, 0.1) is 0 Å². The number of halogens is 3. The lowest BCUT2D eigenvalue weighted by Crippen LogP contribution is -2.41. The van der Waals surface area contributed by atoms with Gasteiger partial charge in [0.1, 0.15) is 5.60 Å². The summed E-state index contributed by atoms with van der Waals surface area (Å²) in [5, 5.41) is 9.11. The van der Waals surface area contributed by atoms with Crippen LogP contribution in [0.15, 0.2) is 0 Å². The first-order valence-electron chi connectivity index (χ1n) is 5.87. The molecule has 0 aliphatic carbocycles. The van der Waals surface area contributed by atoms with Crippen molar-refractivity contribution in [1.82, 2.24) is 4.90 Å². The molecule has 112 valence electrons. The Morgan fingerprint density at radius 1 is 1.37 bits per heavy atom. The third-order valence-electron chi connectivity index (χ3n) is 2.52. The number of hydrogen-bond acceptors (Lipinski definition) is 4. The van der Waals surface area contributed by atoms with Gasteiger partial charge >= 0.3 is 12.5 Å². The molecule has 0 aromatic heterocycles. The van der Waals surface area contributed by atoms with Gasteiger partial charge in [0.2, 0.25) is 0 Å². The summed E-state index contributed by atoms with van der Waals surface area (Å²) < 4.78 is 45.3. The molecule has 0 unspecified atom stereocenters. The molecule has 1 heterocycles. The highest BCUT2D eigenvalue weighted by Gasteiger charge is 2.43. The van der Waals surface area contributed by atoms with Gasteiger partial charge in [-0.05, 0) is 27.2 Å². The smallest absolute Gasteiger partial charge is 0.444 e. The first-order valence-corrected chi connectivity index (χ1v) is 5.87. The van der Waals surface area contributed by atoms with Crippen LogP contribution in [0.2, 0.25) is 0 Å². The van der Waals surface area contributed by atoms with E-state index in [1.165, 1.54) is 0 Å². The highest BCUT2D eigenvalue weighted by Crippen LogP contribution is 2.28. The van der Waals surface area contributed by atoms with Gasteiger partial charge in [-0.25, -0.2) is 4.79 Å². The summed E-state index contributed by atoms with van der Waals surface area (Å²) in [5.41, 5.74) is -0.750. The normalized spacial score (nSPS) is 24.7. The molecule has 19 heavy (non-hydrogen) atoms. The molecule has 0 saturated carbocycles. The van der Waals surface area contributed by atoms with Gasteiger partial charge in [-0.1, -0.05) is 0 Å². The largest absolute Gasteiger partial charge is 0.522 e. The third-order valence-corrected chi connectivity index (χ3v) is 2.52. The number of aliphatic hydroxyl groups is 1. The second-order valence-corrected chi connectivity index (χ2v) is 5.39. The van der Waals surface area contributed by atoms with E-state index in [1.54, 1.807) is 20.8 Å². The van der Waals surface area contributed by atoms with Crippen LogP contribution in [0.3, 0.4) is 0 Å². The van der Waals surface area contributed by atoms with Crippen LogP contribution in [0.1, 0.15) is 27.2 Å². The Labute approximate surface area is 109 Å². The number of carbonyl (C=O) groups is 1. The lowest BCUT2D eigenvalue weighted by molar-refractivity contribution is -0.340. The number of alkyl halides is 3. The average Bonchev–Trinajstić information content (AvgIpc) is 2.55. The molecule has 1 amide bonds. The monoisotopic (exact) mass is 285 g/mol. The number of rotatable bonds is 2. The van der Waals surface area contributed by atoms with E-state index in [0.717, 1.165) is 4.90 Å². The van der Waals surface area contributed by atoms with Crippen molar-refractivity contribution >= 4 is 6.09 Å². The van der Waals surface area contributed by atoms with Crippen molar-refractivity contribution in [2.24, 2.45) is 0 Å². The molecular weight excluding hydrogens is 267 g/mol. The molecule has 0 aromatic carbocycles. The zero-order chi connectivity index (χ0) is 14.8. The maximum Gasteiger partial charge on any atom is 0.522 e. The van der Waals surface area contributed by atoms with Gasteiger partial charge in [-0.2, -0.15) is 0 Å². The Balaban J connectivity index is 2.65. The summed E-state index contributed by atoms with van der Waals surface area (Å²) in [4.78, 5) is 12.9. The van der Waals surface area contributed by atoms with Crippen LogP contribution in [0.25, 0.3) is 0 Å². The molecular formula is C11H18F3NO4. The summed E-state index contributed by atoms with van der Waals surface area (Å²) in [6.07, 6.45) is -6.76. The number of ether oxygens (including phenoxy) is 2. The van der Waals surface area contributed by atoms with E-state index in [2.05, 4.69) is 4.74 Å². The molecule has 2 atom stereocenters. The number of likely N-dealkylation sites (tertiary alicyclic amines) is 1. The molecule has 1 rings (SSSR count). The fourth-order valence-corrected chi connectivity index (χ4v) is 1.87. The third kappa shape index (κ3) is 5.23. The Kier molecular flexibility index (Phi) is 4.67. The summed E-state index contributed by atoms with van der Waals surface area (Å²) in [7, 11) is 0. The number of aliphatic hydroxyl groups excluding tert-OH is 1. The first-order chi connectivity index (χ1) is 8.52.